The fourth-order valence-corrected chi connectivity index (χ4v) is 2.63. The highest BCUT2D eigenvalue weighted by Crippen LogP contribution is 2.27. The molecule has 3 rings (SSSR count). The Labute approximate surface area is 134 Å². The lowest BCUT2D eigenvalue weighted by Crippen LogP contribution is -2.13. The number of rotatable bonds is 3. The Morgan fingerprint density at radius 1 is 1.22 bits per heavy atom. The van der Waals surface area contributed by atoms with Crippen LogP contribution in [0.5, 0.6) is 0 Å². The third-order valence-corrected chi connectivity index (χ3v) is 4.14. The molecule has 0 aliphatic rings. The molecule has 0 fully saturated rings. The summed E-state index contributed by atoms with van der Waals surface area (Å²) >= 11 is 0. The number of fused-ring (bicyclic) bond motifs is 1. The molecule has 0 aliphatic carbocycles. The average Bonchev–Trinajstić information content (AvgIpc) is 2.83. The molecule has 1 amide bonds. The molecule has 118 valence electrons. The quantitative estimate of drug-likeness (QED) is 0.693. The van der Waals surface area contributed by atoms with Gasteiger partial charge in [0.05, 0.1) is 5.69 Å². The van der Waals surface area contributed by atoms with E-state index in [1.165, 1.54) is 0 Å². The predicted octanol–water partition coefficient (Wildman–Crippen LogP) is 3.45. The highest BCUT2D eigenvalue weighted by molar-refractivity contribution is 6.09. The van der Waals surface area contributed by atoms with Crippen molar-refractivity contribution in [3.63, 3.8) is 0 Å². The van der Waals surface area contributed by atoms with Crippen LogP contribution in [0, 0.1) is 13.8 Å². The van der Waals surface area contributed by atoms with E-state index < -0.39 is 0 Å². The predicted molar refractivity (Wildman–Crippen MR) is 92.6 cm³/mol. The number of hydrogen-bond donors (Lipinski definition) is 3. The van der Waals surface area contributed by atoms with Crippen molar-refractivity contribution in [2.75, 3.05) is 5.32 Å². The molecular formula is C18H20N4O. The van der Waals surface area contributed by atoms with E-state index in [1.807, 2.05) is 39.0 Å². The number of pyridine rings is 1. The van der Waals surface area contributed by atoms with Gasteiger partial charge in [0.2, 0.25) is 0 Å². The molecule has 0 bridgehead atoms. The number of anilines is 1. The number of nitrogens with zero attached hydrogens (tertiary/aromatic N) is 1. The van der Waals surface area contributed by atoms with Crippen molar-refractivity contribution in [1.82, 2.24) is 9.97 Å². The average molecular weight is 308 g/mol. The van der Waals surface area contributed by atoms with E-state index in [0.29, 0.717) is 5.56 Å². The minimum absolute atomic E-state index is 0.0441. The van der Waals surface area contributed by atoms with Crippen molar-refractivity contribution < 1.29 is 4.79 Å². The first-order valence-corrected chi connectivity index (χ1v) is 7.58. The minimum atomic E-state index is -0.146. The smallest absolute Gasteiger partial charge is 0.255 e. The van der Waals surface area contributed by atoms with Gasteiger partial charge in [-0.3, -0.25) is 4.79 Å². The van der Waals surface area contributed by atoms with Crippen molar-refractivity contribution in [3.8, 4) is 0 Å². The SMILES string of the molecule is Cc1[nH]c2nccc(NC(=O)c3ccc(C(C)N)cc3)c2c1C. The Kier molecular flexibility index (Phi) is 3.88. The third kappa shape index (κ3) is 2.83. The molecule has 0 saturated carbocycles. The highest BCUT2D eigenvalue weighted by atomic mass is 16.1. The van der Waals surface area contributed by atoms with Gasteiger partial charge in [-0.1, -0.05) is 12.1 Å². The van der Waals surface area contributed by atoms with Gasteiger partial charge in [-0.2, -0.15) is 0 Å². The van der Waals surface area contributed by atoms with Crippen molar-refractivity contribution in [2.45, 2.75) is 26.8 Å². The second kappa shape index (κ2) is 5.85. The Hall–Kier alpha value is -2.66. The maximum Gasteiger partial charge on any atom is 0.255 e. The van der Waals surface area contributed by atoms with Crippen LogP contribution in [-0.2, 0) is 0 Å². The molecule has 0 radical (unpaired) electrons. The molecule has 0 aliphatic heterocycles. The number of aryl methyl sites for hydroxylation is 2. The van der Waals surface area contributed by atoms with Gasteiger partial charge in [-0.15, -0.1) is 0 Å². The lowest BCUT2D eigenvalue weighted by molar-refractivity contribution is 0.102. The first-order chi connectivity index (χ1) is 11.0. The van der Waals surface area contributed by atoms with E-state index in [2.05, 4.69) is 15.3 Å². The second-order valence-electron chi connectivity index (χ2n) is 5.82. The van der Waals surface area contributed by atoms with Crippen LogP contribution in [0.2, 0.25) is 0 Å². The molecule has 4 N–H and O–H groups in total. The highest BCUT2D eigenvalue weighted by Gasteiger charge is 2.13. The standard InChI is InChI=1S/C18H20N4O/c1-10-12(3)21-17-16(10)15(8-9-20-17)22-18(23)14-6-4-13(5-7-14)11(2)19/h4-9,11H,19H2,1-3H3,(H2,20,21,22,23). The summed E-state index contributed by atoms with van der Waals surface area (Å²) in [7, 11) is 0. The van der Waals surface area contributed by atoms with Gasteiger partial charge in [0.1, 0.15) is 5.65 Å². The summed E-state index contributed by atoms with van der Waals surface area (Å²) in [6.07, 6.45) is 1.69. The molecule has 1 unspecified atom stereocenters. The Morgan fingerprint density at radius 3 is 2.57 bits per heavy atom. The van der Waals surface area contributed by atoms with Gasteiger partial charge in [0.25, 0.3) is 5.91 Å². The van der Waals surface area contributed by atoms with Crippen molar-refractivity contribution in [3.05, 3.63) is 58.9 Å². The van der Waals surface area contributed by atoms with E-state index in [4.69, 9.17) is 5.73 Å². The van der Waals surface area contributed by atoms with Crippen LogP contribution in [0.4, 0.5) is 5.69 Å². The van der Waals surface area contributed by atoms with Crippen LogP contribution >= 0.6 is 0 Å². The third-order valence-electron chi connectivity index (χ3n) is 4.14. The van der Waals surface area contributed by atoms with E-state index >= 15 is 0 Å². The zero-order valence-corrected chi connectivity index (χ0v) is 13.5. The molecule has 2 heterocycles. The molecule has 5 nitrogen and oxygen atoms in total. The first-order valence-electron chi connectivity index (χ1n) is 7.58. The summed E-state index contributed by atoms with van der Waals surface area (Å²) in [5.41, 5.74) is 11.1. The van der Waals surface area contributed by atoms with E-state index in [9.17, 15) is 4.79 Å². The lowest BCUT2D eigenvalue weighted by Gasteiger charge is -2.09. The van der Waals surface area contributed by atoms with Crippen molar-refractivity contribution in [1.29, 1.82) is 0 Å². The van der Waals surface area contributed by atoms with E-state index in [0.717, 1.165) is 33.5 Å². The first kappa shape index (κ1) is 15.2. The van der Waals surface area contributed by atoms with Gasteiger partial charge >= 0.3 is 0 Å². The number of carbonyl (C=O) groups excluding carboxylic acids is 1. The maximum absolute atomic E-state index is 12.5. The molecule has 5 heteroatoms. The summed E-state index contributed by atoms with van der Waals surface area (Å²) in [4.78, 5) is 20.0. The molecule has 1 aromatic carbocycles. The number of carbonyl (C=O) groups is 1. The van der Waals surface area contributed by atoms with Crippen LogP contribution in [0.3, 0.4) is 0 Å². The Bertz CT molecular complexity index is 863. The zero-order valence-electron chi connectivity index (χ0n) is 13.5. The van der Waals surface area contributed by atoms with Gasteiger partial charge in [0.15, 0.2) is 0 Å². The molecule has 3 aromatic rings. The summed E-state index contributed by atoms with van der Waals surface area (Å²) in [6.45, 7) is 5.93. The molecule has 23 heavy (non-hydrogen) atoms. The van der Waals surface area contributed by atoms with E-state index in [-0.39, 0.29) is 11.9 Å². The molecular weight excluding hydrogens is 288 g/mol. The van der Waals surface area contributed by atoms with Crippen LogP contribution < -0.4 is 11.1 Å². The number of nitrogens with one attached hydrogen (secondary N) is 2. The topological polar surface area (TPSA) is 83.8 Å². The van der Waals surface area contributed by atoms with Crippen molar-refractivity contribution in [2.24, 2.45) is 5.73 Å². The number of hydrogen-bond acceptors (Lipinski definition) is 3. The summed E-state index contributed by atoms with van der Waals surface area (Å²) in [6, 6.07) is 9.12. The zero-order chi connectivity index (χ0) is 16.6. The molecule has 0 saturated heterocycles. The summed E-state index contributed by atoms with van der Waals surface area (Å²) < 4.78 is 0. The maximum atomic E-state index is 12.5. The second-order valence-corrected chi connectivity index (χ2v) is 5.82. The van der Waals surface area contributed by atoms with E-state index in [1.54, 1.807) is 18.3 Å². The Morgan fingerprint density at radius 2 is 1.91 bits per heavy atom. The van der Waals surface area contributed by atoms with Gasteiger partial charge in [-0.05, 0) is 50.1 Å². The molecule has 2 aromatic heterocycles. The number of aromatic amines is 1. The number of nitrogens with two attached hydrogens (primary N) is 1. The number of benzene rings is 1. The van der Waals surface area contributed by atoms with Crippen LogP contribution in [0.15, 0.2) is 36.5 Å². The van der Waals surface area contributed by atoms with Gasteiger partial charge in [-0.25, -0.2) is 4.98 Å². The molecule has 0 spiro atoms. The lowest BCUT2D eigenvalue weighted by atomic mass is 10.1. The largest absolute Gasteiger partial charge is 0.343 e. The Balaban J connectivity index is 1.91. The van der Waals surface area contributed by atoms with Crippen LogP contribution in [-0.4, -0.2) is 15.9 Å². The van der Waals surface area contributed by atoms with Gasteiger partial charge < -0.3 is 16.0 Å². The number of H-pyrrole nitrogens is 1. The fourth-order valence-electron chi connectivity index (χ4n) is 2.63. The minimum Gasteiger partial charge on any atom is -0.343 e. The monoisotopic (exact) mass is 308 g/mol. The summed E-state index contributed by atoms with van der Waals surface area (Å²) in [5.74, 6) is -0.146. The van der Waals surface area contributed by atoms with Crippen LogP contribution in [0.1, 0.15) is 40.1 Å². The molecule has 1 atom stereocenters. The summed E-state index contributed by atoms with van der Waals surface area (Å²) in [5, 5.41) is 3.92. The fraction of sp³-hybridized carbons (Fsp3) is 0.222. The number of amides is 1. The normalized spacial score (nSPS) is 12.3. The van der Waals surface area contributed by atoms with Crippen LogP contribution in [0.25, 0.3) is 11.0 Å². The van der Waals surface area contributed by atoms with Crippen molar-refractivity contribution >= 4 is 22.6 Å². The number of aromatic nitrogens is 2. The van der Waals surface area contributed by atoms with Gasteiger partial charge in [0, 0.05) is 28.9 Å².